The standard InChI is InChI=1S/C13H15N7O2S/c14-8-11(13(15)16)19-18-9-3-1-4-10(7-9)23(21,22)20-12-5-2-6-17-12/h1,3-4,7,18H,2,5-6H2,(H3,15,16)(H,17,20)/b19-11+. The molecule has 0 spiro atoms. The van der Waals surface area contributed by atoms with Gasteiger partial charge in [0.2, 0.25) is 5.71 Å². The van der Waals surface area contributed by atoms with Crippen molar-refractivity contribution >= 4 is 33.1 Å². The van der Waals surface area contributed by atoms with Crippen LogP contribution in [0.3, 0.4) is 0 Å². The third kappa shape index (κ3) is 4.27. The van der Waals surface area contributed by atoms with Gasteiger partial charge in [-0.15, -0.1) is 0 Å². The van der Waals surface area contributed by atoms with Crippen molar-refractivity contribution in [1.82, 2.24) is 4.72 Å². The Balaban J connectivity index is 2.19. The second-order valence-electron chi connectivity index (χ2n) is 4.66. The fourth-order valence-corrected chi connectivity index (χ4v) is 2.97. The van der Waals surface area contributed by atoms with Crippen molar-refractivity contribution in [3.8, 4) is 6.07 Å². The second kappa shape index (κ2) is 6.89. The molecule has 0 aromatic heterocycles. The molecule has 0 fully saturated rings. The number of benzene rings is 1. The molecule has 9 nitrogen and oxygen atoms in total. The first-order valence-corrected chi connectivity index (χ1v) is 8.15. The first-order chi connectivity index (χ1) is 10.9. The molecule has 1 aromatic carbocycles. The molecule has 1 aliphatic heterocycles. The number of nitriles is 1. The van der Waals surface area contributed by atoms with Gasteiger partial charge in [-0.3, -0.25) is 20.5 Å². The highest BCUT2D eigenvalue weighted by Crippen LogP contribution is 2.16. The average Bonchev–Trinajstić information content (AvgIpc) is 3.00. The predicted octanol–water partition coefficient (Wildman–Crippen LogP) is 0.385. The van der Waals surface area contributed by atoms with Gasteiger partial charge in [-0.25, -0.2) is 8.42 Å². The number of anilines is 1. The molecule has 10 heteroatoms. The minimum atomic E-state index is -3.73. The minimum Gasteiger partial charge on any atom is -0.382 e. The van der Waals surface area contributed by atoms with E-state index in [1.807, 2.05) is 0 Å². The number of hydrazone groups is 1. The highest BCUT2D eigenvalue weighted by molar-refractivity contribution is 7.90. The zero-order valence-corrected chi connectivity index (χ0v) is 12.9. The fraction of sp³-hybridized carbons (Fsp3) is 0.231. The highest BCUT2D eigenvalue weighted by Gasteiger charge is 2.18. The monoisotopic (exact) mass is 333 g/mol. The Morgan fingerprint density at radius 2 is 2.26 bits per heavy atom. The molecule has 120 valence electrons. The zero-order chi connectivity index (χ0) is 16.9. The quantitative estimate of drug-likeness (QED) is 0.348. The number of aliphatic imine (C=N–C) groups is 1. The summed E-state index contributed by atoms with van der Waals surface area (Å²) in [5, 5.41) is 19.6. The van der Waals surface area contributed by atoms with Gasteiger partial charge in [0.05, 0.1) is 10.6 Å². The van der Waals surface area contributed by atoms with Gasteiger partial charge >= 0.3 is 0 Å². The van der Waals surface area contributed by atoms with E-state index in [1.165, 1.54) is 18.2 Å². The second-order valence-corrected chi connectivity index (χ2v) is 6.35. The van der Waals surface area contributed by atoms with Gasteiger partial charge in [0.15, 0.2) is 5.84 Å². The number of nitrogens with one attached hydrogen (secondary N) is 3. The van der Waals surface area contributed by atoms with Gasteiger partial charge in [-0.1, -0.05) is 6.07 Å². The largest absolute Gasteiger partial charge is 0.382 e. The lowest BCUT2D eigenvalue weighted by atomic mass is 10.3. The lowest BCUT2D eigenvalue weighted by Crippen LogP contribution is -2.29. The molecule has 0 saturated heterocycles. The maximum Gasteiger partial charge on any atom is 0.262 e. The normalized spacial score (nSPS) is 14.7. The number of nitrogens with zero attached hydrogens (tertiary/aromatic N) is 3. The number of amidine groups is 2. The smallest absolute Gasteiger partial charge is 0.262 e. The third-order valence-electron chi connectivity index (χ3n) is 2.93. The first-order valence-electron chi connectivity index (χ1n) is 6.67. The predicted molar refractivity (Wildman–Crippen MR) is 86.9 cm³/mol. The summed E-state index contributed by atoms with van der Waals surface area (Å²) in [4.78, 5) is 4.11. The van der Waals surface area contributed by atoms with Crippen LogP contribution in [0.4, 0.5) is 5.69 Å². The summed E-state index contributed by atoms with van der Waals surface area (Å²) in [5.41, 5.74) is 7.73. The van der Waals surface area contributed by atoms with Crippen LogP contribution in [0.1, 0.15) is 12.8 Å². The van der Waals surface area contributed by atoms with Crippen molar-refractivity contribution in [2.45, 2.75) is 17.7 Å². The van der Waals surface area contributed by atoms with Crippen molar-refractivity contribution in [3.63, 3.8) is 0 Å². The van der Waals surface area contributed by atoms with Crippen LogP contribution in [0.2, 0.25) is 0 Å². The lowest BCUT2D eigenvalue weighted by molar-refractivity contribution is 0.592. The van der Waals surface area contributed by atoms with Gasteiger partial charge in [-0.05, 0) is 24.6 Å². The molecule has 5 N–H and O–H groups in total. The van der Waals surface area contributed by atoms with Gasteiger partial charge < -0.3 is 5.73 Å². The Labute approximate surface area is 133 Å². The van der Waals surface area contributed by atoms with E-state index in [2.05, 4.69) is 20.2 Å². The van der Waals surface area contributed by atoms with Crippen LogP contribution in [0.15, 0.2) is 39.3 Å². The number of hydrogen-bond acceptors (Lipinski definition) is 7. The van der Waals surface area contributed by atoms with E-state index in [9.17, 15) is 8.42 Å². The summed E-state index contributed by atoms with van der Waals surface area (Å²) in [7, 11) is -3.73. The third-order valence-corrected chi connectivity index (χ3v) is 4.31. The molecule has 1 aromatic rings. The summed E-state index contributed by atoms with van der Waals surface area (Å²) >= 11 is 0. The number of hydrogen-bond donors (Lipinski definition) is 4. The van der Waals surface area contributed by atoms with Crippen molar-refractivity contribution in [1.29, 1.82) is 10.7 Å². The summed E-state index contributed by atoms with van der Waals surface area (Å²) in [6.07, 6.45) is 1.43. The summed E-state index contributed by atoms with van der Waals surface area (Å²) in [5.74, 6) is -0.0329. The molecule has 2 rings (SSSR count). The number of rotatable bonds is 5. The van der Waals surface area contributed by atoms with E-state index < -0.39 is 15.9 Å². The van der Waals surface area contributed by atoms with Crippen LogP contribution in [0, 0.1) is 16.7 Å². The molecule has 0 bridgehead atoms. The van der Waals surface area contributed by atoms with E-state index in [0.29, 0.717) is 24.5 Å². The fourth-order valence-electron chi connectivity index (χ4n) is 1.84. The van der Waals surface area contributed by atoms with Gasteiger partial charge in [-0.2, -0.15) is 10.4 Å². The molecule has 1 aliphatic rings. The SMILES string of the molecule is N#C/C(=N\Nc1cccc(S(=O)(=O)NC2=NCCC2)c1)C(=N)N. The average molecular weight is 333 g/mol. The van der Waals surface area contributed by atoms with Crippen LogP contribution in [-0.4, -0.2) is 32.3 Å². The van der Waals surface area contributed by atoms with Crippen molar-refractivity contribution in [3.05, 3.63) is 24.3 Å². The molecule has 0 atom stereocenters. The Hall–Kier alpha value is -2.93. The van der Waals surface area contributed by atoms with E-state index in [1.54, 1.807) is 12.1 Å². The van der Waals surface area contributed by atoms with Crippen molar-refractivity contribution in [2.24, 2.45) is 15.8 Å². The van der Waals surface area contributed by atoms with Gasteiger partial charge in [0.1, 0.15) is 11.9 Å². The molecule has 0 radical (unpaired) electrons. The summed E-state index contributed by atoms with van der Waals surface area (Å²) in [6.45, 7) is 0.621. The van der Waals surface area contributed by atoms with Crippen LogP contribution in [0.5, 0.6) is 0 Å². The molecule has 0 saturated carbocycles. The van der Waals surface area contributed by atoms with Gasteiger partial charge in [0, 0.05) is 13.0 Å². The molecular weight excluding hydrogens is 318 g/mol. The van der Waals surface area contributed by atoms with Crippen LogP contribution in [-0.2, 0) is 10.0 Å². The Morgan fingerprint density at radius 3 is 2.87 bits per heavy atom. The van der Waals surface area contributed by atoms with Gasteiger partial charge in [0.25, 0.3) is 10.0 Å². The Kier molecular flexibility index (Phi) is 4.92. The Morgan fingerprint density at radius 1 is 1.48 bits per heavy atom. The summed E-state index contributed by atoms with van der Waals surface area (Å²) < 4.78 is 27.0. The molecular formula is C13H15N7O2S. The molecule has 0 aliphatic carbocycles. The van der Waals surface area contributed by atoms with E-state index in [4.69, 9.17) is 16.4 Å². The number of sulfonamides is 1. The van der Waals surface area contributed by atoms with Crippen molar-refractivity contribution < 1.29 is 8.42 Å². The minimum absolute atomic E-state index is 0.0358. The maximum atomic E-state index is 12.3. The van der Waals surface area contributed by atoms with Crippen LogP contribution in [0.25, 0.3) is 0 Å². The lowest BCUT2D eigenvalue weighted by Gasteiger charge is -2.09. The topological polar surface area (TPSA) is 157 Å². The zero-order valence-electron chi connectivity index (χ0n) is 12.1. The van der Waals surface area contributed by atoms with Crippen LogP contribution < -0.4 is 15.9 Å². The Bertz CT molecular complexity index is 821. The molecule has 1 heterocycles. The number of nitrogens with two attached hydrogens (primary N) is 1. The van der Waals surface area contributed by atoms with E-state index in [-0.39, 0.29) is 10.6 Å². The van der Waals surface area contributed by atoms with Crippen LogP contribution >= 0.6 is 0 Å². The van der Waals surface area contributed by atoms with Crippen molar-refractivity contribution in [2.75, 3.05) is 12.0 Å². The molecule has 23 heavy (non-hydrogen) atoms. The van der Waals surface area contributed by atoms with E-state index >= 15 is 0 Å². The summed E-state index contributed by atoms with van der Waals surface area (Å²) in [6, 6.07) is 7.55. The first kappa shape index (κ1) is 16.4. The highest BCUT2D eigenvalue weighted by atomic mass is 32.2. The van der Waals surface area contributed by atoms with E-state index in [0.717, 1.165) is 6.42 Å². The maximum absolute atomic E-state index is 12.3. The molecule has 0 amide bonds. The molecule has 0 unspecified atom stereocenters.